The third kappa shape index (κ3) is 3.80. The minimum absolute atomic E-state index is 0.196. The maximum atomic E-state index is 11.7. The van der Waals surface area contributed by atoms with Gasteiger partial charge in [-0.2, -0.15) is 0 Å². The van der Waals surface area contributed by atoms with E-state index in [-0.39, 0.29) is 5.91 Å². The van der Waals surface area contributed by atoms with Gasteiger partial charge < -0.3 is 14.8 Å². The molecule has 1 aromatic heterocycles. The van der Waals surface area contributed by atoms with Crippen LogP contribution in [0.1, 0.15) is 31.9 Å². The van der Waals surface area contributed by atoms with Gasteiger partial charge in [-0.3, -0.25) is 4.79 Å². The zero-order valence-corrected chi connectivity index (χ0v) is 11.7. The fraction of sp³-hybridized carbons (Fsp3) is 0.750. The van der Waals surface area contributed by atoms with Gasteiger partial charge in [-0.15, -0.1) is 10.2 Å². The number of aryl methyl sites for hydroxylation is 1. The Kier molecular flexibility index (Phi) is 5.77. The summed E-state index contributed by atoms with van der Waals surface area (Å²) in [6.45, 7) is 8.77. The zero-order chi connectivity index (χ0) is 13.5. The van der Waals surface area contributed by atoms with Crippen molar-refractivity contribution in [2.75, 3.05) is 19.6 Å². The first-order valence-corrected chi connectivity index (χ1v) is 6.43. The molecule has 0 aromatic carbocycles. The van der Waals surface area contributed by atoms with E-state index in [4.69, 9.17) is 0 Å². The van der Waals surface area contributed by atoms with Crippen LogP contribution in [0.2, 0.25) is 0 Å². The quantitative estimate of drug-likeness (QED) is 0.718. The Morgan fingerprint density at radius 3 is 2.50 bits per heavy atom. The molecule has 0 bridgehead atoms. The second kappa shape index (κ2) is 7.10. The number of aromatic nitrogens is 3. The predicted octanol–water partition coefficient (Wildman–Crippen LogP) is 0.472. The van der Waals surface area contributed by atoms with Gasteiger partial charge in [0.15, 0.2) is 0 Å². The first-order valence-electron chi connectivity index (χ1n) is 6.43. The van der Waals surface area contributed by atoms with Crippen LogP contribution in [0.4, 0.5) is 0 Å². The average molecular weight is 253 g/mol. The summed E-state index contributed by atoms with van der Waals surface area (Å²) in [5.74, 6) is 1.98. The van der Waals surface area contributed by atoms with E-state index in [0.29, 0.717) is 19.5 Å². The van der Waals surface area contributed by atoms with Crippen LogP contribution in [0.25, 0.3) is 0 Å². The fourth-order valence-electron chi connectivity index (χ4n) is 1.73. The molecular weight excluding hydrogens is 230 g/mol. The molecule has 0 atom stereocenters. The summed E-state index contributed by atoms with van der Waals surface area (Å²) >= 11 is 0. The van der Waals surface area contributed by atoms with Crippen LogP contribution in [0, 0.1) is 6.92 Å². The predicted molar refractivity (Wildman–Crippen MR) is 70.0 cm³/mol. The second-order valence-corrected chi connectivity index (χ2v) is 4.22. The average Bonchev–Trinajstić information content (AvgIpc) is 2.67. The lowest BCUT2D eigenvalue weighted by molar-refractivity contribution is -0.130. The van der Waals surface area contributed by atoms with Crippen molar-refractivity contribution < 1.29 is 4.79 Å². The molecule has 1 heterocycles. The van der Waals surface area contributed by atoms with Crippen LogP contribution < -0.4 is 5.32 Å². The molecule has 0 fully saturated rings. The van der Waals surface area contributed by atoms with Crippen molar-refractivity contribution in [1.29, 1.82) is 0 Å². The van der Waals surface area contributed by atoms with Gasteiger partial charge in [0.1, 0.15) is 11.6 Å². The lowest BCUT2D eigenvalue weighted by Gasteiger charge is -2.18. The number of carbonyl (C=O) groups excluding carboxylic acids is 1. The highest BCUT2D eigenvalue weighted by Crippen LogP contribution is 1.97. The largest absolute Gasteiger partial charge is 0.343 e. The maximum absolute atomic E-state index is 11.7. The van der Waals surface area contributed by atoms with Crippen molar-refractivity contribution in [3.63, 3.8) is 0 Å². The summed E-state index contributed by atoms with van der Waals surface area (Å²) in [7, 11) is 1.94. The highest BCUT2D eigenvalue weighted by molar-refractivity contribution is 5.76. The molecule has 102 valence electrons. The molecule has 18 heavy (non-hydrogen) atoms. The van der Waals surface area contributed by atoms with E-state index in [0.717, 1.165) is 24.7 Å². The summed E-state index contributed by atoms with van der Waals surface area (Å²) in [5.41, 5.74) is 0. The summed E-state index contributed by atoms with van der Waals surface area (Å²) in [4.78, 5) is 13.6. The van der Waals surface area contributed by atoms with E-state index in [2.05, 4.69) is 15.5 Å². The van der Waals surface area contributed by atoms with Gasteiger partial charge in [-0.05, 0) is 20.8 Å². The number of nitrogens with zero attached hydrogens (tertiary/aromatic N) is 4. The summed E-state index contributed by atoms with van der Waals surface area (Å²) in [6, 6.07) is 0. The molecule has 1 aromatic rings. The molecule has 0 aliphatic carbocycles. The molecule has 0 radical (unpaired) electrons. The van der Waals surface area contributed by atoms with Crippen molar-refractivity contribution in [1.82, 2.24) is 25.0 Å². The van der Waals surface area contributed by atoms with E-state index in [1.807, 2.05) is 37.3 Å². The minimum Gasteiger partial charge on any atom is -0.343 e. The Labute approximate surface area is 108 Å². The third-order valence-corrected chi connectivity index (χ3v) is 3.10. The number of rotatable bonds is 7. The van der Waals surface area contributed by atoms with E-state index >= 15 is 0 Å². The molecule has 0 aliphatic heterocycles. The number of hydrogen-bond donors (Lipinski definition) is 1. The Balaban J connectivity index is 2.27. The van der Waals surface area contributed by atoms with Crippen LogP contribution in [-0.4, -0.2) is 45.2 Å². The Bertz CT molecular complexity index is 384. The molecule has 0 aliphatic rings. The SMILES string of the molecule is CCN(CC)C(=O)CCNCc1nnc(C)n1C. The van der Waals surface area contributed by atoms with Crippen LogP contribution >= 0.6 is 0 Å². The molecule has 1 N–H and O–H groups in total. The summed E-state index contributed by atoms with van der Waals surface area (Å²) in [5, 5.41) is 11.3. The molecule has 6 nitrogen and oxygen atoms in total. The van der Waals surface area contributed by atoms with Gasteiger partial charge in [0.2, 0.25) is 5.91 Å². The van der Waals surface area contributed by atoms with Gasteiger partial charge in [-0.25, -0.2) is 0 Å². The van der Waals surface area contributed by atoms with Gasteiger partial charge in [0.05, 0.1) is 6.54 Å². The third-order valence-electron chi connectivity index (χ3n) is 3.10. The molecular formula is C12H23N5O. The molecule has 0 saturated carbocycles. The number of carbonyl (C=O) groups is 1. The molecule has 0 spiro atoms. The standard InChI is InChI=1S/C12H23N5O/c1-5-17(6-2)12(18)7-8-13-9-11-15-14-10(3)16(11)4/h13H,5-9H2,1-4H3. The molecule has 0 saturated heterocycles. The molecule has 6 heteroatoms. The monoisotopic (exact) mass is 253 g/mol. The van der Waals surface area contributed by atoms with Gasteiger partial charge in [0, 0.05) is 33.1 Å². The highest BCUT2D eigenvalue weighted by Gasteiger charge is 2.09. The fourth-order valence-corrected chi connectivity index (χ4v) is 1.73. The normalized spacial score (nSPS) is 10.7. The first kappa shape index (κ1) is 14.6. The van der Waals surface area contributed by atoms with E-state index in [1.165, 1.54) is 0 Å². The lowest BCUT2D eigenvalue weighted by atomic mass is 10.3. The van der Waals surface area contributed by atoms with Crippen LogP contribution in [0.3, 0.4) is 0 Å². The molecule has 0 unspecified atom stereocenters. The number of hydrogen-bond acceptors (Lipinski definition) is 4. The van der Waals surface area contributed by atoms with Gasteiger partial charge in [0.25, 0.3) is 0 Å². The van der Waals surface area contributed by atoms with Crippen molar-refractivity contribution >= 4 is 5.91 Å². The van der Waals surface area contributed by atoms with E-state index < -0.39 is 0 Å². The Morgan fingerprint density at radius 1 is 1.33 bits per heavy atom. The van der Waals surface area contributed by atoms with Crippen LogP contribution in [-0.2, 0) is 18.4 Å². The van der Waals surface area contributed by atoms with Crippen molar-refractivity contribution in [2.24, 2.45) is 7.05 Å². The first-order chi connectivity index (χ1) is 8.60. The van der Waals surface area contributed by atoms with Crippen LogP contribution in [0.5, 0.6) is 0 Å². The highest BCUT2D eigenvalue weighted by atomic mass is 16.2. The van der Waals surface area contributed by atoms with E-state index in [9.17, 15) is 4.79 Å². The van der Waals surface area contributed by atoms with Gasteiger partial charge in [-0.1, -0.05) is 0 Å². The Hall–Kier alpha value is -1.43. The van der Waals surface area contributed by atoms with Gasteiger partial charge >= 0.3 is 0 Å². The minimum atomic E-state index is 0.196. The number of amides is 1. The van der Waals surface area contributed by atoms with Crippen molar-refractivity contribution in [3.8, 4) is 0 Å². The summed E-state index contributed by atoms with van der Waals surface area (Å²) in [6.07, 6.45) is 0.526. The van der Waals surface area contributed by atoms with Crippen LogP contribution in [0.15, 0.2) is 0 Å². The molecule has 1 rings (SSSR count). The second-order valence-electron chi connectivity index (χ2n) is 4.22. The smallest absolute Gasteiger partial charge is 0.223 e. The summed E-state index contributed by atoms with van der Waals surface area (Å²) < 4.78 is 1.94. The Morgan fingerprint density at radius 2 is 2.00 bits per heavy atom. The van der Waals surface area contributed by atoms with E-state index in [1.54, 1.807) is 0 Å². The van der Waals surface area contributed by atoms with Crippen molar-refractivity contribution in [3.05, 3.63) is 11.6 Å². The zero-order valence-electron chi connectivity index (χ0n) is 11.7. The number of nitrogens with one attached hydrogen (secondary N) is 1. The molecule has 1 amide bonds. The lowest BCUT2D eigenvalue weighted by Crippen LogP contribution is -2.32. The topological polar surface area (TPSA) is 63.1 Å². The van der Waals surface area contributed by atoms with Crippen molar-refractivity contribution in [2.45, 2.75) is 33.7 Å². The maximum Gasteiger partial charge on any atom is 0.223 e.